The van der Waals surface area contributed by atoms with E-state index in [1.54, 1.807) is 0 Å². The zero-order valence-corrected chi connectivity index (χ0v) is 5.82. The maximum atomic E-state index is 5.62. The van der Waals surface area contributed by atoms with Crippen molar-refractivity contribution in [2.45, 2.75) is 19.4 Å². The van der Waals surface area contributed by atoms with E-state index in [0.29, 0.717) is 12.0 Å². The molecule has 0 saturated carbocycles. The van der Waals surface area contributed by atoms with Crippen LogP contribution in [0.5, 0.6) is 0 Å². The van der Waals surface area contributed by atoms with Gasteiger partial charge in [0, 0.05) is 11.8 Å². The molecule has 2 unspecified atom stereocenters. The molecule has 1 fully saturated rings. The highest BCUT2D eigenvalue weighted by Gasteiger charge is 2.30. The summed E-state index contributed by atoms with van der Waals surface area (Å²) in [6, 6.07) is 0. The minimum atomic E-state index is 0.498. The molecule has 1 saturated heterocycles. The van der Waals surface area contributed by atoms with Crippen molar-refractivity contribution < 1.29 is 4.74 Å². The number of ether oxygens (including phenoxy) is 1. The lowest BCUT2D eigenvalue weighted by molar-refractivity contribution is 0.339. The standard InChI is InChI=1S/C6H11ClO/c1-2-5(3-7)6-4-8-6/h5-6H,2-4H2,1H3. The number of alkyl halides is 1. The SMILES string of the molecule is CCC(CCl)C1CO1. The van der Waals surface area contributed by atoms with Gasteiger partial charge in [-0.15, -0.1) is 11.6 Å². The molecule has 2 atom stereocenters. The van der Waals surface area contributed by atoms with Crippen LogP contribution >= 0.6 is 11.6 Å². The molecule has 0 N–H and O–H groups in total. The molecule has 1 heterocycles. The predicted octanol–water partition coefficient (Wildman–Crippen LogP) is 1.65. The summed E-state index contributed by atoms with van der Waals surface area (Å²) in [5.41, 5.74) is 0. The van der Waals surface area contributed by atoms with Gasteiger partial charge < -0.3 is 4.74 Å². The van der Waals surface area contributed by atoms with Crippen molar-refractivity contribution in [3.05, 3.63) is 0 Å². The van der Waals surface area contributed by atoms with Crippen molar-refractivity contribution in [2.75, 3.05) is 12.5 Å². The summed E-state index contributed by atoms with van der Waals surface area (Å²) in [4.78, 5) is 0. The summed E-state index contributed by atoms with van der Waals surface area (Å²) in [7, 11) is 0. The lowest BCUT2D eigenvalue weighted by Gasteiger charge is -2.03. The van der Waals surface area contributed by atoms with Crippen LogP contribution in [-0.4, -0.2) is 18.6 Å². The Morgan fingerprint density at radius 2 is 2.50 bits per heavy atom. The first-order valence-corrected chi connectivity index (χ1v) is 3.59. The highest BCUT2D eigenvalue weighted by Crippen LogP contribution is 2.23. The second-order valence-electron chi connectivity index (χ2n) is 2.19. The molecule has 1 rings (SSSR count). The Kier molecular flexibility index (Phi) is 2.15. The predicted molar refractivity (Wildman–Crippen MR) is 34.2 cm³/mol. The van der Waals surface area contributed by atoms with Crippen molar-refractivity contribution in [1.29, 1.82) is 0 Å². The van der Waals surface area contributed by atoms with Crippen molar-refractivity contribution in [3.8, 4) is 0 Å². The van der Waals surface area contributed by atoms with Crippen LogP contribution in [0.2, 0.25) is 0 Å². The van der Waals surface area contributed by atoms with Crippen LogP contribution in [0.25, 0.3) is 0 Å². The van der Waals surface area contributed by atoms with Crippen LogP contribution in [0.15, 0.2) is 0 Å². The van der Waals surface area contributed by atoms with Gasteiger partial charge in [0.2, 0.25) is 0 Å². The molecular weight excluding hydrogens is 124 g/mol. The molecule has 1 aliphatic rings. The molecule has 0 amide bonds. The smallest absolute Gasteiger partial charge is 0.0849 e. The average Bonchev–Trinajstić information content (AvgIpc) is 2.53. The van der Waals surface area contributed by atoms with Gasteiger partial charge in [-0.05, 0) is 6.42 Å². The van der Waals surface area contributed by atoms with Gasteiger partial charge in [0.15, 0.2) is 0 Å². The quantitative estimate of drug-likeness (QED) is 0.423. The van der Waals surface area contributed by atoms with Gasteiger partial charge in [0.25, 0.3) is 0 Å². The lowest BCUT2D eigenvalue weighted by atomic mass is 10.1. The summed E-state index contributed by atoms with van der Waals surface area (Å²) in [5.74, 6) is 1.36. The van der Waals surface area contributed by atoms with E-state index in [9.17, 15) is 0 Å². The van der Waals surface area contributed by atoms with Crippen molar-refractivity contribution >= 4 is 11.6 Å². The van der Waals surface area contributed by atoms with Crippen LogP contribution in [0, 0.1) is 5.92 Å². The Morgan fingerprint density at radius 3 is 2.62 bits per heavy atom. The molecule has 2 heteroatoms. The van der Waals surface area contributed by atoms with Gasteiger partial charge in [-0.3, -0.25) is 0 Å². The number of hydrogen-bond acceptors (Lipinski definition) is 1. The average molecular weight is 135 g/mol. The van der Waals surface area contributed by atoms with Crippen LogP contribution in [0.4, 0.5) is 0 Å². The highest BCUT2D eigenvalue weighted by atomic mass is 35.5. The number of rotatable bonds is 3. The second-order valence-corrected chi connectivity index (χ2v) is 2.50. The Morgan fingerprint density at radius 1 is 1.88 bits per heavy atom. The van der Waals surface area contributed by atoms with E-state index in [2.05, 4.69) is 6.92 Å². The normalized spacial score (nSPS) is 30.0. The third-order valence-electron chi connectivity index (χ3n) is 1.61. The highest BCUT2D eigenvalue weighted by molar-refractivity contribution is 6.18. The lowest BCUT2D eigenvalue weighted by Crippen LogP contribution is -2.07. The summed E-state index contributed by atoms with van der Waals surface area (Å²) in [6.07, 6.45) is 1.64. The van der Waals surface area contributed by atoms with Crippen molar-refractivity contribution in [3.63, 3.8) is 0 Å². The van der Waals surface area contributed by atoms with Crippen LogP contribution in [-0.2, 0) is 4.74 Å². The van der Waals surface area contributed by atoms with Gasteiger partial charge in [0.1, 0.15) is 0 Å². The fraction of sp³-hybridized carbons (Fsp3) is 1.00. The molecule has 0 aliphatic carbocycles. The molecule has 0 aromatic rings. The van der Waals surface area contributed by atoms with E-state index in [-0.39, 0.29) is 0 Å². The van der Waals surface area contributed by atoms with E-state index in [0.717, 1.165) is 18.9 Å². The topological polar surface area (TPSA) is 12.5 Å². The van der Waals surface area contributed by atoms with E-state index >= 15 is 0 Å². The first-order chi connectivity index (χ1) is 3.88. The van der Waals surface area contributed by atoms with Crippen LogP contribution < -0.4 is 0 Å². The van der Waals surface area contributed by atoms with E-state index in [4.69, 9.17) is 16.3 Å². The molecule has 48 valence electrons. The van der Waals surface area contributed by atoms with Gasteiger partial charge in [0.05, 0.1) is 12.7 Å². The molecular formula is C6H11ClO. The molecule has 1 aliphatic heterocycles. The third kappa shape index (κ3) is 1.36. The zero-order valence-electron chi connectivity index (χ0n) is 5.06. The Bertz CT molecular complexity index is 66.9. The van der Waals surface area contributed by atoms with Gasteiger partial charge in [-0.1, -0.05) is 6.92 Å². The Balaban J connectivity index is 2.15. The van der Waals surface area contributed by atoms with Crippen molar-refractivity contribution in [1.82, 2.24) is 0 Å². The maximum absolute atomic E-state index is 5.62. The Hall–Kier alpha value is 0.250. The third-order valence-corrected chi connectivity index (χ3v) is 2.00. The van der Waals surface area contributed by atoms with E-state index in [1.807, 2.05) is 0 Å². The minimum absolute atomic E-state index is 0.498. The summed E-state index contributed by atoms with van der Waals surface area (Å²) in [6.45, 7) is 3.08. The van der Waals surface area contributed by atoms with Crippen LogP contribution in [0.1, 0.15) is 13.3 Å². The fourth-order valence-corrected chi connectivity index (χ4v) is 1.22. The van der Waals surface area contributed by atoms with Gasteiger partial charge in [-0.2, -0.15) is 0 Å². The molecule has 0 aromatic carbocycles. The largest absolute Gasteiger partial charge is 0.373 e. The fourth-order valence-electron chi connectivity index (χ4n) is 0.799. The van der Waals surface area contributed by atoms with E-state index < -0.39 is 0 Å². The molecule has 0 aromatic heterocycles. The summed E-state index contributed by atoms with van der Waals surface area (Å²) >= 11 is 5.62. The maximum Gasteiger partial charge on any atom is 0.0849 e. The number of halogens is 1. The van der Waals surface area contributed by atoms with Gasteiger partial charge >= 0.3 is 0 Å². The van der Waals surface area contributed by atoms with Crippen LogP contribution in [0.3, 0.4) is 0 Å². The number of hydrogen-bond donors (Lipinski definition) is 0. The zero-order chi connectivity index (χ0) is 5.98. The molecule has 0 bridgehead atoms. The second kappa shape index (κ2) is 2.70. The monoisotopic (exact) mass is 134 g/mol. The van der Waals surface area contributed by atoms with Crippen molar-refractivity contribution in [2.24, 2.45) is 5.92 Å². The first-order valence-electron chi connectivity index (χ1n) is 3.06. The summed E-state index contributed by atoms with van der Waals surface area (Å²) in [5, 5.41) is 0. The van der Waals surface area contributed by atoms with E-state index in [1.165, 1.54) is 0 Å². The summed E-state index contributed by atoms with van der Waals surface area (Å²) < 4.78 is 5.07. The molecule has 8 heavy (non-hydrogen) atoms. The number of epoxide rings is 1. The van der Waals surface area contributed by atoms with Gasteiger partial charge in [-0.25, -0.2) is 0 Å². The molecule has 1 nitrogen and oxygen atoms in total. The molecule has 0 radical (unpaired) electrons. The Labute approximate surface area is 55.0 Å². The first kappa shape index (κ1) is 6.37. The molecule has 0 spiro atoms. The minimum Gasteiger partial charge on any atom is -0.373 e.